The summed E-state index contributed by atoms with van der Waals surface area (Å²) in [6, 6.07) is 2.32. The third kappa shape index (κ3) is 4.24. The number of nitrogens with one attached hydrogen (secondary N) is 1. The molecule has 0 aliphatic heterocycles. The second-order valence-electron chi connectivity index (χ2n) is 4.63. The molecule has 0 aromatic heterocycles. The molecule has 19 heavy (non-hydrogen) atoms. The zero-order valence-electron chi connectivity index (χ0n) is 11.3. The summed E-state index contributed by atoms with van der Waals surface area (Å²) < 4.78 is 50.3. The average Bonchev–Trinajstić information content (AvgIpc) is 2.32. The fraction of sp³-hybridized carbons (Fsp3) is 0.538. The second-order valence-corrected chi connectivity index (χ2v) is 7.03. The van der Waals surface area contributed by atoms with Crippen LogP contribution in [0.25, 0.3) is 0 Å². The van der Waals surface area contributed by atoms with Gasteiger partial charge in [-0.05, 0) is 38.1 Å². The molecule has 3 nitrogen and oxygen atoms in total. The molecule has 0 fully saturated rings. The van der Waals surface area contributed by atoms with Gasteiger partial charge in [0.2, 0.25) is 0 Å². The molecule has 0 bridgehead atoms. The third-order valence-corrected chi connectivity index (χ3v) is 4.67. The highest BCUT2D eigenvalue weighted by Crippen LogP contribution is 2.25. The Bertz CT molecular complexity index is 531. The zero-order valence-corrected chi connectivity index (χ0v) is 12.1. The van der Waals surface area contributed by atoms with Crippen molar-refractivity contribution in [1.82, 2.24) is 5.32 Å². The number of rotatable bonds is 6. The van der Waals surface area contributed by atoms with E-state index in [1.807, 2.05) is 6.92 Å². The van der Waals surface area contributed by atoms with Gasteiger partial charge in [-0.1, -0.05) is 6.92 Å². The van der Waals surface area contributed by atoms with Crippen molar-refractivity contribution < 1.29 is 17.2 Å². The molecule has 0 amide bonds. The van der Waals surface area contributed by atoms with Crippen molar-refractivity contribution in [2.24, 2.45) is 0 Å². The summed E-state index contributed by atoms with van der Waals surface area (Å²) in [6.45, 7) is 3.94. The Morgan fingerprint density at radius 2 is 1.95 bits per heavy atom. The van der Waals surface area contributed by atoms with Crippen LogP contribution in [0.2, 0.25) is 0 Å². The Hall–Kier alpha value is -1.01. The van der Waals surface area contributed by atoms with Crippen molar-refractivity contribution in [1.29, 1.82) is 0 Å². The van der Waals surface area contributed by atoms with E-state index in [2.05, 4.69) is 5.32 Å². The molecule has 0 aliphatic carbocycles. The third-order valence-electron chi connectivity index (χ3n) is 3.05. The maximum Gasteiger partial charge on any atom is 0.151 e. The van der Waals surface area contributed by atoms with E-state index in [1.165, 1.54) is 6.92 Å². The molecule has 1 N–H and O–H groups in total. The minimum absolute atomic E-state index is 0.0476. The lowest BCUT2D eigenvalue weighted by molar-refractivity contribution is 0.473. The molecule has 1 aromatic rings. The lowest BCUT2D eigenvalue weighted by atomic mass is 10.0. The molecule has 0 spiro atoms. The van der Waals surface area contributed by atoms with Crippen molar-refractivity contribution in [2.75, 3.05) is 12.8 Å². The van der Waals surface area contributed by atoms with E-state index in [9.17, 15) is 17.2 Å². The van der Waals surface area contributed by atoms with E-state index in [1.54, 1.807) is 0 Å². The van der Waals surface area contributed by atoms with Gasteiger partial charge in [-0.25, -0.2) is 17.2 Å². The predicted octanol–water partition coefficient (Wildman–Crippen LogP) is 2.44. The van der Waals surface area contributed by atoms with Gasteiger partial charge in [0.15, 0.2) is 9.84 Å². The standard InChI is InChI=1S/C13H19F2NO2S/c1-4-7-16-13(9(2)19(3,17)18)11-8-10(14)5-6-12(11)15/h5-6,8-9,13,16H,4,7H2,1-3H3. The van der Waals surface area contributed by atoms with Gasteiger partial charge in [0.25, 0.3) is 0 Å². The molecule has 0 heterocycles. The fourth-order valence-electron chi connectivity index (χ4n) is 1.83. The first-order valence-corrected chi connectivity index (χ1v) is 8.10. The van der Waals surface area contributed by atoms with Crippen LogP contribution in [0.15, 0.2) is 18.2 Å². The van der Waals surface area contributed by atoms with Crippen molar-refractivity contribution in [3.8, 4) is 0 Å². The van der Waals surface area contributed by atoms with Crippen LogP contribution >= 0.6 is 0 Å². The second kappa shape index (κ2) is 6.43. The summed E-state index contributed by atoms with van der Waals surface area (Å²) in [7, 11) is -3.36. The van der Waals surface area contributed by atoms with E-state index in [0.717, 1.165) is 30.9 Å². The minimum Gasteiger partial charge on any atom is -0.309 e. The lowest BCUT2D eigenvalue weighted by Gasteiger charge is -2.24. The number of sulfone groups is 1. The molecule has 0 radical (unpaired) electrons. The normalized spacial score (nSPS) is 15.2. The Labute approximate surface area is 112 Å². The van der Waals surface area contributed by atoms with Crippen molar-refractivity contribution in [2.45, 2.75) is 31.6 Å². The van der Waals surface area contributed by atoms with Crippen LogP contribution in [0.3, 0.4) is 0 Å². The van der Waals surface area contributed by atoms with Gasteiger partial charge in [0.05, 0.1) is 11.3 Å². The van der Waals surface area contributed by atoms with Gasteiger partial charge in [0, 0.05) is 11.8 Å². The number of halogens is 2. The molecular weight excluding hydrogens is 272 g/mol. The van der Waals surface area contributed by atoms with Crippen LogP contribution in [0, 0.1) is 11.6 Å². The highest BCUT2D eigenvalue weighted by molar-refractivity contribution is 7.91. The fourth-order valence-corrected chi connectivity index (χ4v) is 2.57. The Morgan fingerprint density at radius 3 is 2.47 bits per heavy atom. The molecule has 0 saturated carbocycles. The first kappa shape index (κ1) is 16.0. The van der Waals surface area contributed by atoms with Gasteiger partial charge in [-0.15, -0.1) is 0 Å². The molecule has 108 valence electrons. The van der Waals surface area contributed by atoms with E-state index in [4.69, 9.17) is 0 Å². The van der Waals surface area contributed by atoms with E-state index in [0.29, 0.717) is 6.54 Å². The van der Waals surface area contributed by atoms with Crippen LogP contribution in [0.5, 0.6) is 0 Å². The summed E-state index contributed by atoms with van der Waals surface area (Å²) in [5.74, 6) is -1.19. The molecule has 2 unspecified atom stereocenters. The topological polar surface area (TPSA) is 46.2 Å². The summed E-state index contributed by atoms with van der Waals surface area (Å²) in [4.78, 5) is 0. The Kier molecular flexibility index (Phi) is 5.43. The number of hydrogen-bond acceptors (Lipinski definition) is 3. The molecule has 1 aromatic carbocycles. The van der Waals surface area contributed by atoms with Crippen LogP contribution in [0.4, 0.5) is 8.78 Å². The number of hydrogen-bond donors (Lipinski definition) is 1. The highest BCUT2D eigenvalue weighted by Gasteiger charge is 2.29. The predicted molar refractivity (Wildman–Crippen MR) is 71.7 cm³/mol. The van der Waals surface area contributed by atoms with Gasteiger partial charge in [-0.3, -0.25) is 0 Å². The largest absolute Gasteiger partial charge is 0.309 e. The van der Waals surface area contributed by atoms with Crippen LogP contribution in [-0.2, 0) is 9.84 Å². The monoisotopic (exact) mass is 291 g/mol. The van der Waals surface area contributed by atoms with Gasteiger partial charge >= 0.3 is 0 Å². The van der Waals surface area contributed by atoms with Crippen molar-refractivity contribution in [3.63, 3.8) is 0 Å². The first-order chi connectivity index (χ1) is 8.77. The van der Waals surface area contributed by atoms with Gasteiger partial charge in [0.1, 0.15) is 11.6 Å². The molecular formula is C13H19F2NO2S. The maximum atomic E-state index is 13.8. The van der Waals surface area contributed by atoms with Crippen LogP contribution in [0.1, 0.15) is 31.9 Å². The van der Waals surface area contributed by atoms with Crippen LogP contribution < -0.4 is 5.32 Å². The number of benzene rings is 1. The first-order valence-electron chi connectivity index (χ1n) is 6.14. The highest BCUT2D eigenvalue weighted by atomic mass is 32.2. The molecule has 0 saturated heterocycles. The SMILES string of the molecule is CCCNC(c1cc(F)ccc1F)C(C)S(C)(=O)=O. The lowest BCUT2D eigenvalue weighted by Crippen LogP contribution is -2.36. The van der Waals surface area contributed by atoms with Gasteiger partial charge < -0.3 is 5.32 Å². The van der Waals surface area contributed by atoms with Crippen molar-refractivity contribution in [3.05, 3.63) is 35.4 Å². The smallest absolute Gasteiger partial charge is 0.151 e. The Balaban J connectivity index is 3.19. The molecule has 6 heteroatoms. The van der Waals surface area contributed by atoms with E-state index < -0.39 is 32.8 Å². The summed E-state index contributed by atoms with van der Waals surface area (Å²) in [5, 5.41) is 2.14. The molecule has 0 aliphatic rings. The zero-order chi connectivity index (χ0) is 14.6. The minimum atomic E-state index is -3.36. The summed E-state index contributed by atoms with van der Waals surface area (Å²) >= 11 is 0. The summed E-state index contributed by atoms with van der Waals surface area (Å²) in [5.41, 5.74) is 0.0476. The summed E-state index contributed by atoms with van der Waals surface area (Å²) in [6.07, 6.45) is 1.86. The Morgan fingerprint density at radius 1 is 1.32 bits per heavy atom. The molecule has 1 rings (SSSR count). The average molecular weight is 291 g/mol. The van der Waals surface area contributed by atoms with Gasteiger partial charge in [-0.2, -0.15) is 0 Å². The van der Waals surface area contributed by atoms with E-state index >= 15 is 0 Å². The van der Waals surface area contributed by atoms with E-state index in [-0.39, 0.29) is 5.56 Å². The quantitative estimate of drug-likeness (QED) is 0.875. The van der Waals surface area contributed by atoms with Crippen LogP contribution in [-0.4, -0.2) is 26.5 Å². The van der Waals surface area contributed by atoms with Crippen molar-refractivity contribution >= 4 is 9.84 Å². The maximum absolute atomic E-state index is 13.8. The molecule has 2 atom stereocenters.